The zero-order valence-corrected chi connectivity index (χ0v) is 9.91. The van der Waals surface area contributed by atoms with E-state index in [0.717, 1.165) is 28.5 Å². The van der Waals surface area contributed by atoms with Gasteiger partial charge in [0.2, 0.25) is 0 Å². The van der Waals surface area contributed by atoms with Gasteiger partial charge in [0, 0.05) is 11.6 Å². The summed E-state index contributed by atoms with van der Waals surface area (Å²) in [6.45, 7) is 3.29. The lowest BCUT2D eigenvalue weighted by Crippen LogP contribution is -2.12. The van der Waals surface area contributed by atoms with Crippen LogP contribution in [0.4, 0.5) is 0 Å². The van der Waals surface area contributed by atoms with Crippen LogP contribution in [0.5, 0.6) is 0 Å². The molecule has 0 aliphatic heterocycles. The summed E-state index contributed by atoms with van der Waals surface area (Å²) in [5.74, 6) is 0. The van der Waals surface area contributed by atoms with Crippen LogP contribution in [0.2, 0.25) is 5.02 Å². The van der Waals surface area contributed by atoms with Gasteiger partial charge in [0.15, 0.2) is 0 Å². The van der Waals surface area contributed by atoms with E-state index < -0.39 is 0 Å². The van der Waals surface area contributed by atoms with E-state index in [2.05, 4.69) is 11.2 Å². The highest BCUT2D eigenvalue weighted by atomic mass is 35.5. The maximum Gasteiger partial charge on any atom is 0.0685 e. The molecule has 0 unspecified atom stereocenters. The molecular formula is C12H14ClN3. The maximum absolute atomic E-state index is 5.86. The summed E-state index contributed by atoms with van der Waals surface area (Å²) < 4.78 is 1.93. The quantitative estimate of drug-likeness (QED) is 0.888. The second-order valence-corrected chi connectivity index (χ2v) is 4.13. The molecule has 0 aliphatic rings. The van der Waals surface area contributed by atoms with Gasteiger partial charge in [-0.05, 0) is 30.7 Å². The van der Waals surface area contributed by atoms with Crippen LogP contribution in [0.3, 0.4) is 0 Å². The van der Waals surface area contributed by atoms with Crippen molar-refractivity contribution in [3.8, 4) is 11.3 Å². The minimum absolute atomic E-state index is 0.585. The number of halogens is 1. The van der Waals surface area contributed by atoms with Crippen LogP contribution >= 0.6 is 11.6 Å². The normalized spacial score (nSPS) is 10.7. The zero-order valence-electron chi connectivity index (χ0n) is 9.15. The summed E-state index contributed by atoms with van der Waals surface area (Å²) in [5, 5.41) is 5.14. The van der Waals surface area contributed by atoms with Crippen LogP contribution in [0.1, 0.15) is 5.69 Å². The topological polar surface area (TPSA) is 43.8 Å². The molecule has 0 saturated carbocycles. The Hall–Kier alpha value is -1.32. The lowest BCUT2D eigenvalue weighted by Gasteiger charge is -2.05. The molecule has 0 bridgehead atoms. The first kappa shape index (κ1) is 11.2. The number of rotatable bonds is 3. The molecule has 2 rings (SSSR count). The van der Waals surface area contributed by atoms with Gasteiger partial charge in [-0.15, -0.1) is 0 Å². The molecule has 0 radical (unpaired) electrons. The third kappa shape index (κ3) is 2.26. The molecule has 3 nitrogen and oxygen atoms in total. The predicted molar refractivity (Wildman–Crippen MR) is 66.5 cm³/mol. The Labute approximate surface area is 99.8 Å². The molecule has 0 fully saturated rings. The Morgan fingerprint density at radius 3 is 2.62 bits per heavy atom. The third-order valence-corrected chi connectivity index (χ3v) is 2.63. The first-order valence-electron chi connectivity index (χ1n) is 5.21. The molecule has 2 aromatic rings. The van der Waals surface area contributed by atoms with Crippen molar-refractivity contribution in [1.82, 2.24) is 9.78 Å². The summed E-state index contributed by atoms with van der Waals surface area (Å²) in [7, 11) is 0. The Kier molecular flexibility index (Phi) is 3.27. The van der Waals surface area contributed by atoms with Crippen LogP contribution in [0, 0.1) is 6.92 Å². The number of nitrogens with two attached hydrogens (primary N) is 1. The number of aromatic nitrogens is 2. The lowest BCUT2D eigenvalue weighted by molar-refractivity contribution is 0.626. The molecule has 1 aromatic carbocycles. The highest BCUT2D eigenvalue weighted by Crippen LogP contribution is 2.22. The van der Waals surface area contributed by atoms with Crippen LogP contribution in [-0.4, -0.2) is 16.3 Å². The molecule has 4 heteroatoms. The van der Waals surface area contributed by atoms with Gasteiger partial charge < -0.3 is 5.73 Å². The standard InChI is InChI=1S/C12H14ClN3/c1-9-8-12(16(15-9)7-6-14)10-2-4-11(13)5-3-10/h2-5,8H,6-7,14H2,1H3. The number of hydrogen-bond acceptors (Lipinski definition) is 2. The largest absolute Gasteiger partial charge is 0.329 e. The van der Waals surface area contributed by atoms with E-state index >= 15 is 0 Å². The average Bonchev–Trinajstić information content (AvgIpc) is 2.61. The molecular weight excluding hydrogens is 222 g/mol. The minimum Gasteiger partial charge on any atom is -0.329 e. The summed E-state index contributed by atoms with van der Waals surface area (Å²) >= 11 is 5.86. The van der Waals surface area contributed by atoms with Gasteiger partial charge in [0.05, 0.1) is 17.9 Å². The highest BCUT2D eigenvalue weighted by Gasteiger charge is 2.06. The van der Waals surface area contributed by atoms with Crippen molar-refractivity contribution < 1.29 is 0 Å². The average molecular weight is 236 g/mol. The summed E-state index contributed by atoms with van der Waals surface area (Å²) in [5.41, 5.74) is 8.75. The molecule has 2 N–H and O–H groups in total. The molecule has 0 spiro atoms. The van der Waals surface area contributed by atoms with Crippen LogP contribution in [0.25, 0.3) is 11.3 Å². The Morgan fingerprint density at radius 1 is 1.31 bits per heavy atom. The molecule has 16 heavy (non-hydrogen) atoms. The van der Waals surface area contributed by atoms with E-state index in [0.29, 0.717) is 6.54 Å². The summed E-state index contributed by atoms with van der Waals surface area (Å²) in [4.78, 5) is 0. The van der Waals surface area contributed by atoms with E-state index in [1.54, 1.807) is 0 Å². The summed E-state index contributed by atoms with van der Waals surface area (Å²) in [6, 6.07) is 9.80. The van der Waals surface area contributed by atoms with Gasteiger partial charge in [-0.25, -0.2) is 0 Å². The molecule has 0 aliphatic carbocycles. The van der Waals surface area contributed by atoms with Crippen molar-refractivity contribution in [2.24, 2.45) is 5.73 Å². The number of aryl methyl sites for hydroxylation is 1. The van der Waals surface area contributed by atoms with Crippen molar-refractivity contribution in [3.05, 3.63) is 41.0 Å². The van der Waals surface area contributed by atoms with Gasteiger partial charge in [0.25, 0.3) is 0 Å². The smallest absolute Gasteiger partial charge is 0.0685 e. The van der Waals surface area contributed by atoms with Crippen LogP contribution in [0.15, 0.2) is 30.3 Å². The van der Waals surface area contributed by atoms with Crippen molar-refractivity contribution in [2.45, 2.75) is 13.5 Å². The van der Waals surface area contributed by atoms with E-state index in [4.69, 9.17) is 17.3 Å². The van der Waals surface area contributed by atoms with Gasteiger partial charge in [-0.3, -0.25) is 4.68 Å². The van der Waals surface area contributed by atoms with Crippen molar-refractivity contribution in [3.63, 3.8) is 0 Å². The monoisotopic (exact) mass is 235 g/mol. The summed E-state index contributed by atoms with van der Waals surface area (Å²) in [6.07, 6.45) is 0. The predicted octanol–water partition coefficient (Wildman–Crippen LogP) is 2.47. The van der Waals surface area contributed by atoms with Crippen LogP contribution < -0.4 is 5.73 Å². The number of benzene rings is 1. The Balaban J connectivity index is 2.42. The van der Waals surface area contributed by atoms with E-state index in [-0.39, 0.29) is 0 Å². The second-order valence-electron chi connectivity index (χ2n) is 3.69. The Morgan fingerprint density at radius 2 is 2.00 bits per heavy atom. The van der Waals surface area contributed by atoms with Crippen molar-refractivity contribution in [2.75, 3.05) is 6.54 Å². The zero-order chi connectivity index (χ0) is 11.5. The van der Waals surface area contributed by atoms with E-state index in [1.807, 2.05) is 35.9 Å². The SMILES string of the molecule is Cc1cc(-c2ccc(Cl)cc2)n(CCN)n1. The first-order valence-corrected chi connectivity index (χ1v) is 5.59. The molecule has 1 aromatic heterocycles. The maximum atomic E-state index is 5.86. The van der Waals surface area contributed by atoms with Crippen molar-refractivity contribution in [1.29, 1.82) is 0 Å². The lowest BCUT2D eigenvalue weighted by atomic mass is 10.1. The minimum atomic E-state index is 0.585. The van der Waals surface area contributed by atoms with E-state index in [9.17, 15) is 0 Å². The second kappa shape index (κ2) is 4.68. The molecule has 1 heterocycles. The van der Waals surface area contributed by atoms with E-state index in [1.165, 1.54) is 0 Å². The fourth-order valence-corrected chi connectivity index (χ4v) is 1.82. The molecule has 0 saturated heterocycles. The molecule has 0 amide bonds. The first-order chi connectivity index (χ1) is 7.70. The van der Waals surface area contributed by atoms with Crippen LogP contribution in [-0.2, 0) is 6.54 Å². The number of nitrogens with zero attached hydrogens (tertiary/aromatic N) is 2. The van der Waals surface area contributed by atoms with Gasteiger partial charge in [0.1, 0.15) is 0 Å². The number of hydrogen-bond donors (Lipinski definition) is 1. The van der Waals surface area contributed by atoms with Gasteiger partial charge in [-0.2, -0.15) is 5.10 Å². The fraction of sp³-hybridized carbons (Fsp3) is 0.250. The van der Waals surface area contributed by atoms with Gasteiger partial charge >= 0.3 is 0 Å². The highest BCUT2D eigenvalue weighted by molar-refractivity contribution is 6.30. The van der Waals surface area contributed by atoms with Gasteiger partial charge in [-0.1, -0.05) is 23.7 Å². The molecule has 84 valence electrons. The Bertz CT molecular complexity index is 474. The van der Waals surface area contributed by atoms with Crippen molar-refractivity contribution >= 4 is 11.6 Å². The molecule has 0 atom stereocenters. The fourth-order valence-electron chi connectivity index (χ4n) is 1.69. The third-order valence-electron chi connectivity index (χ3n) is 2.38.